The van der Waals surface area contributed by atoms with Gasteiger partial charge in [0.25, 0.3) is 5.89 Å². The van der Waals surface area contributed by atoms with Gasteiger partial charge in [-0.25, -0.2) is 23.0 Å². The van der Waals surface area contributed by atoms with Gasteiger partial charge in [0.05, 0.1) is 17.5 Å². The van der Waals surface area contributed by atoms with Gasteiger partial charge < -0.3 is 40.1 Å². The lowest BCUT2D eigenvalue weighted by Gasteiger charge is -2.29. The maximum Gasteiger partial charge on any atom is 0.410 e. The number of Topliss-reactive ketones (excluding diaryl/α,β-unsaturated/α-hetero) is 1. The minimum absolute atomic E-state index is 0.0292. The summed E-state index contributed by atoms with van der Waals surface area (Å²) in [5.74, 6) is -2.06. The number of oxazole rings is 1. The number of nitrogens with one attached hydrogen (secondary N) is 2. The molecule has 4 aromatic carbocycles. The SMILES string of the molecule is NCCCC[C@H](NC(=O)[C@@H]1C[C@@H](OC(=O)N2CCCN(S(=O)(=O)c3ccccc3)CC2)CN1C(=O)[C@@H](CCc1ccccc1)NC(=O)OCc1ccccc1)C(=O)c1nc2ccccc2o1. The predicted octanol–water partition coefficient (Wildman–Crippen LogP) is 5.05. The molecule has 0 bridgehead atoms. The number of para-hydroxylation sites is 2. The monoisotopic (exact) mass is 921 g/mol. The Bertz CT molecular complexity index is 2510. The van der Waals surface area contributed by atoms with Gasteiger partial charge in [-0.05, 0) is 80.5 Å². The third kappa shape index (κ3) is 12.2. The molecule has 3 heterocycles. The second-order valence-electron chi connectivity index (χ2n) is 16.3. The maximum atomic E-state index is 14.8. The zero-order chi connectivity index (χ0) is 46.5. The smallest absolute Gasteiger partial charge is 0.410 e. The van der Waals surface area contributed by atoms with E-state index in [1.54, 1.807) is 54.6 Å². The Morgan fingerprint density at radius 2 is 1.45 bits per heavy atom. The molecule has 2 aliphatic heterocycles. The fourth-order valence-corrected chi connectivity index (χ4v) is 9.62. The maximum absolute atomic E-state index is 14.8. The Morgan fingerprint density at radius 1 is 0.773 bits per heavy atom. The van der Waals surface area contributed by atoms with Crippen molar-refractivity contribution in [2.24, 2.45) is 5.73 Å². The first-order valence-electron chi connectivity index (χ1n) is 22.2. The largest absolute Gasteiger partial charge is 0.445 e. The Balaban J connectivity index is 1.11. The number of benzene rings is 4. The molecule has 17 nitrogen and oxygen atoms in total. The minimum atomic E-state index is -3.81. The molecule has 5 aromatic rings. The molecular weight excluding hydrogens is 867 g/mol. The number of sulfonamides is 1. The third-order valence-corrected chi connectivity index (χ3v) is 13.6. The molecule has 0 spiro atoms. The lowest BCUT2D eigenvalue weighted by molar-refractivity contribution is -0.140. The van der Waals surface area contributed by atoms with E-state index < -0.39 is 64.0 Å². The van der Waals surface area contributed by atoms with E-state index in [1.807, 2.05) is 48.5 Å². The summed E-state index contributed by atoms with van der Waals surface area (Å²) in [6.07, 6.45) is -0.604. The molecule has 0 radical (unpaired) electrons. The van der Waals surface area contributed by atoms with E-state index in [2.05, 4.69) is 15.6 Å². The number of hydrogen-bond donors (Lipinski definition) is 3. The number of ether oxygens (including phenoxy) is 2. The minimum Gasteiger partial charge on any atom is -0.445 e. The summed E-state index contributed by atoms with van der Waals surface area (Å²) in [5.41, 5.74) is 8.30. The van der Waals surface area contributed by atoms with Crippen molar-refractivity contribution in [3.63, 3.8) is 0 Å². The van der Waals surface area contributed by atoms with Crippen molar-refractivity contribution in [2.75, 3.05) is 39.3 Å². The number of hydrogen-bond acceptors (Lipinski definition) is 12. The summed E-state index contributed by atoms with van der Waals surface area (Å²) >= 11 is 0. The van der Waals surface area contributed by atoms with Crippen LogP contribution in [0.3, 0.4) is 0 Å². The highest BCUT2D eigenvalue weighted by Gasteiger charge is 2.45. The molecular formula is C48H55N7O10S. The second-order valence-corrected chi connectivity index (χ2v) is 18.2. The fourth-order valence-electron chi connectivity index (χ4n) is 8.13. The normalized spacial score (nSPS) is 17.7. The van der Waals surface area contributed by atoms with Gasteiger partial charge >= 0.3 is 12.2 Å². The van der Waals surface area contributed by atoms with Gasteiger partial charge in [0.2, 0.25) is 27.6 Å². The number of nitrogens with two attached hydrogens (primary N) is 1. The Labute approximate surface area is 383 Å². The molecule has 7 rings (SSSR count). The van der Waals surface area contributed by atoms with Crippen LogP contribution in [0.5, 0.6) is 0 Å². The molecule has 4 N–H and O–H groups in total. The molecule has 0 unspecified atom stereocenters. The molecule has 2 fully saturated rings. The van der Waals surface area contributed by atoms with Crippen molar-refractivity contribution < 1.29 is 46.3 Å². The molecule has 4 atom stereocenters. The van der Waals surface area contributed by atoms with Crippen molar-refractivity contribution in [2.45, 2.75) is 80.7 Å². The van der Waals surface area contributed by atoms with Gasteiger partial charge in [0.15, 0.2) is 5.58 Å². The first kappa shape index (κ1) is 47.3. The topological polar surface area (TPSA) is 224 Å². The van der Waals surface area contributed by atoms with Crippen molar-refractivity contribution in [1.82, 2.24) is 29.7 Å². The number of aromatic nitrogens is 1. The number of fused-ring (bicyclic) bond motifs is 1. The standard InChI is InChI=1S/C48H55N7O10S/c49-26-13-12-22-39(43(56)45-51-38-21-10-11-23-42(38)65-45)50-44(57)41-31-36(64-48(60)53-27-14-28-54(30-29-53)66(61,62)37-19-8-3-9-20-37)32-55(41)46(58)40(25-24-34-15-4-1-5-16-34)52-47(59)63-33-35-17-6-2-7-18-35/h1-11,15-21,23,36,39-41H,12-14,22,24-33,49H2,(H,50,57)(H,52,59)/t36-,39+,40-,41+/m1/s1. The van der Waals surface area contributed by atoms with E-state index in [4.69, 9.17) is 19.6 Å². The summed E-state index contributed by atoms with van der Waals surface area (Å²) in [6.45, 7) is 0.561. The fraction of sp³-hybridized carbons (Fsp3) is 0.375. The average molecular weight is 922 g/mol. The van der Waals surface area contributed by atoms with E-state index in [0.717, 1.165) is 11.1 Å². The number of alkyl carbamates (subject to hydrolysis) is 1. The van der Waals surface area contributed by atoms with Crippen LogP contribution in [0.15, 0.2) is 125 Å². The van der Waals surface area contributed by atoms with Gasteiger partial charge in [-0.3, -0.25) is 14.4 Å². The number of amides is 4. The van der Waals surface area contributed by atoms with Crippen LogP contribution < -0.4 is 16.4 Å². The predicted molar refractivity (Wildman–Crippen MR) is 243 cm³/mol. The van der Waals surface area contributed by atoms with Crippen LogP contribution in [0.4, 0.5) is 9.59 Å². The highest BCUT2D eigenvalue weighted by Crippen LogP contribution is 2.26. The van der Waals surface area contributed by atoms with Gasteiger partial charge in [-0.15, -0.1) is 0 Å². The van der Waals surface area contributed by atoms with Gasteiger partial charge in [0.1, 0.15) is 30.3 Å². The van der Waals surface area contributed by atoms with Gasteiger partial charge in [0, 0.05) is 32.6 Å². The first-order valence-corrected chi connectivity index (χ1v) is 23.7. The van der Waals surface area contributed by atoms with E-state index in [-0.39, 0.29) is 69.4 Å². The zero-order valence-corrected chi connectivity index (χ0v) is 37.4. The molecule has 18 heteroatoms. The van der Waals surface area contributed by atoms with Crippen LogP contribution in [-0.2, 0) is 42.1 Å². The van der Waals surface area contributed by atoms with Crippen LogP contribution in [0, 0.1) is 0 Å². The van der Waals surface area contributed by atoms with Gasteiger partial charge in [-0.1, -0.05) is 91.0 Å². The Hall–Kier alpha value is -6.63. The van der Waals surface area contributed by atoms with E-state index >= 15 is 0 Å². The van der Waals surface area contributed by atoms with E-state index in [9.17, 15) is 32.4 Å². The number of rotatable bonds is 18. The van der Waals surface area contributed by atoms with Crippen LogP contribution in [0.1, 0.15) is 60.3 Å². The highest BCUT2D eigenvalue weighted by molar-refractivity contribution is 7.89. The average Bonchev–Trinajstić information content (AvgIpc) is 3.88. The zero-order valence-electron chi connectivity index (χ0n) is 36.5. The summed E-state index contributed by atoms with van der Waals surface area (Å²) in [7, 11) is -3.81. The number of unbranched alkanes of at least 4 members (excludes halogenated alkanes) is 1. The summed E-state index contributed by atoms with van der Waals surface area (Å²) in [4.78, 5) is 77.8. The van der Waals surface area contributed by atoms with E-state index in [1.165, 1.54) is 26.2 Å². The summed E-state index contributed by atoms with van der Waals surface area (Å²) < 4.78 is 45.5. The third-order valence-electron chi connectivity index (χ3n) is 11.7. The lowest BCUT2D eigenvalue weighted by atomic mass is 10.0. The molecule has 4 amide bonds. The molecule has 66 heavy (non-hydrogen) atoms. The second kappa shape index (κ2) is 22.5. The van der Waals surface area contributed by atoms with Crippen LogP contribution in [0.25, 0.3) is 11.1 Å². The van der Waals surface area contributed by atoms with Gasteiger partial charge in [-0.2, -0.15) is 4.31 Å². The molecule has 0 saturated carbocycles. The quantitative estimate of drug-likeness (QED) is 0.0776. The first-order chi connectivity index (χ1) is 32.0. The van der Waals surface area contributed by atoms with Crippen LogP contribution in [-0.4, -0.2) is 121 Å². The van der Waals surface area contributed by atoms with E-state index in [0.29, 0.717) is 43.3 Å². The van der Waals surface area contributed by atoms with Crippen molar-refractivity contribution in [3.8, 4) is 0 Å². The summed E-state index contributed by atoms with van der Waals surface area (Å²) in [6, 6.07) is 29.9. The molecule has 2 aliphatic rings. The number of nitrogens with zero attached hydrogens (tertiary/aromatic N) is 4. The van der Waals surface area contributed by atoms with Crippen molar-refractivity contribution in [3.05, 3.63) is 132 Å². The number of carbonyl (C=O) groups is 5. The van der Waals surface area contributed by atoms with Crippen molar-refractivity contribution >= 4 is 50.9 Å². The number of ketones is 1. The van der Waals surface area contributed by atoms with Crippen molar-refractivity contribution in [1.29, 1.82) is 0 Å². The molecule has 0 aliphatic carbocycles. The van der Waals surface area contributed by atoms with Crippen LogP contribution in [0.2, 0.25) is 0 Å². The Kier molecular flexibility index (Phi) is 16.1. The number of aryl methyl sites for hydroxylation is 1. The molecule has 348 valence electrons. The lowest BCUT2D eigenvalue weighted by Crippen LogP contribution is -2.55. The van der Waals surface area contributed by atoms with Crippen LogP contribution >= 0.6 is 0 Å². The number of carbonyl (C=O) groups excluding carboxylic acids is 5. The highest BCUT2D eigenvalue weighted by atomic mass is 32.2. The molecule has 2 saturated heterocycles. The Morgan fingerprint density at radius 3 is 2.17 bits per heavy atom. The number of likely N-dealkylation sites (tertiary alicyclic amines) is 1. The summed E-state index contributed by atoms with van der Waals surface area (Å²) in [5, 5.41) is 5.57. The molecule has 1 aromatic heterocycles.